The number of nitrogens with one attached hydrogen (secondary N) is 1. The predicted octanol–water partition coefficient (Wildman–Crippen LogP) is 3.27. The van der Waals surface area contributed by atoms with E-state index in [-0.39, 0.29) is 17.6 Å². The molecule has 0 bridgehead atoms. The van der Waals surface area contributed by atoms with E-state index in [0.717, 1.165) is 18.7 Å². The quantitative estimate of drug-likeness (QED) is 0.913. The van der Waals surface area contributed by atoms with E-state index in [0.29, 0.717) is 24.0 Å². The van der Waals surface area contributed by atoms with E-state index in [2.05, 4.69) is 26.1 Å². The highest BCUT2D eigenvalue weighted by molar-refractivity contribution is 6.30. The summed E-state index contributed by atoms with van der Waals surface area (Å²) in [5.41, 5.74) is 1.10. The van der Waals surface area contributed by atoms with Crippen LogP contribution in [0.1, 0.15) is 32.9 Å². The number of carbonyl (C=O) groups excluding carboxylic acids is 1. The van der Waals surface area contributed by atoms with Crippen LogP contribution in [-0.2, 0) is 18.3 Å². The van der Waals surface area contributed by atoms with Crippen LogP contribution < -0.4 is 5.32 Å². The van der Waals surface area contributed by atoms with Crippen LogP contribution in [0.3, 0.4) is 0 Å². The van der Waals surface area contributed by atoms with E-state index < -0.39 is 0 Å². The summed E-state index contributed by atoms with van der Waals surface area (Å²) in [6.07, 6.45) is 3.03. The van der Waals surface area contributed by atoms with Crippen molar-refractivity contribution in [3.63, 3.8) is 0 Å². The van der Waals surface area contributed by atoms with Crippen molar-refractivity contribution >= 4 is 17.6 Å². The van der Waals surface area contributed by atoms with Crippen molar-refractivity contribution in [2.24, 2.45) is 18.4 Å². The van der Waals surface area contributed by atoms with Gasteiger partial charge in [-0.2, -0.15) is 0 Å². The van der Waals surface area contributed by atoms with Crippen LogP contribution in [0.5, 0.6) is 0 Å². The summed E-state index contributed by atoms with van der Waals surface area (Å²) in [6.45, 7) is 8.51. The van der Waals surface area contributed by atoms with Gasteiger partial charge in [0, 0.05) is 45.1 Å². The lowest BCUT2D eigenvalue weighted by molar-refractivity contribution is 0.00757. The van der Waals surface area contributed by atoms with Crippen molar-refractivity contribution in [2.45, 2.75) is 39.8 Å². The fourth-order valence-corrected chi connectivity index (χ4v) is 3.46. The van der Waals surface area contributed by atoms with Gasteiger partial charge >= 0.3 is 6.03 Å². The fraction of sp³-hybridized carbons (Fsp3) is 0.706. The van der Waals surface area contributed by atoms with Crippen LogP contribution in [0.25, 0.3) is 0 Å². The van der Waals surface area contributed by atoms with Crippen molar-refractivity contribution in [1.82, 2.24) is 14.8 Å². The minimum Gasteiger partial charge on any atom is -0.377 e. The third-order valence-corrected chi connectivity index (χ3v) is 4.61. The van der Waals surface area contributed by atoms with E-state index in [1.165, 1.54) is 0 Å². The van der Waals surface area contributed by atoms with E-state index in [4.69, 9.17) is 16.3 Å². The number of aryl methyl sites for hydroxylation is 1. The average molecular weight is 342 g/mol. The maximum absolute atomic E-state index is 12.3. The Labute approximate surface area is 143 Å². The lowest BCUT2D eigenvalue weighted by atomic mass is 9.81. The van der Waals surface area contributed by atoms with Crippen molar-refractivity contribution in [3.05, 3.63) is 23.0 Å². The van der Waals surface area contributed by atoms with Gasteiger partial charge in [0.2, 0.25) is 0 Å². The minimum atomic E-state index is -0.0677. The number of halogens is 1. The maximum atomic E-state index is 12.3. The van der Waals surface area contributed by atoms with Crippen LogP contribution in [-0.4, -0.2) is 41.8 Å². The summed E-state index contributed by atoms with van der Waals surface area (Å²) in [5.74, 6) is 0.372. The summed E-state index contributed by atoms with van der Waals surface area (Å²) in [6, 6.07) is 1.81. The largest absolute Gasteiger partial charge is 0.377 e. The Morgan fingerprint density at radius 3 is 2.78 bits per heavy atom. The molecule has 2 atom stereocenters. The molecule has 5 nitrogen and oxygen atoms in total. The first-order chi connectivity index (χ1) is 10.7. The van der Waals surface area contributed by atoms with Crippen molar-refractivity contribution < 1.29 is 9.53 Å². The Morgan fingerprint density at radius 2 is 2.22 bits per heavy atom. The molecule has 0 radical (unpaired) electrons. The van der Waals surface area contributed by atoms with E-state index in [1.54, 1.807) is 11.9 Å². The molecule has 1 N–H and O–H groups in total. The number of aromatic nitrogens is 1. The average Bonchev–Trinajstić information content (AvgIpc) is 3.02. The van der Waals surface area contributed by atoms with Crippen LogP contribution in [0, 0.1) is 11.3 Å². The van der Waals surface area contributed by atoms with Crippen molar-refractivity contribution in [3.8, 4) is 0 Å². The lowest BCUT2D eigenvalue weighted by Crippen LogP contribution is -2.43. The molecule has 2 heterocycles. The van der Waals surface area contributed by atoms with Crippen LogP contribution in [0.2, 0.25) is 5.02 Å². The molecule has 1 aliphatic rings. The van der Waals surface area contributed by atoms with E-state index in [9.17, 15) is 4.79 Å². The summed E-state index contributed by atoms with van der Waals surface area (Å²) < 4.78 is 7.79. The summed E-state index contributed by atoms with van der Waals surface area (Å²) in [5, 5.41) is 3.73. The summed E-state index contributed by atoms with van der Waals surface area (Å²) in [7, 11) is 3.72. The molecule has 1 aliphatic heterocycles. The standard InChI is InChI=1S/C17H28ClN3O2/c1-17(2,3)15-12(6-7-23-15)9-19-16(22)21(5)11-14-8-13(18)10-20(14)4/h8,10,12,15H,6-7,9,11H2,1-5H3,(H,19,22)/t12-,15-/m0/s1. The summed E-state index contributed by atoms with van der Waals surface area (Å²) in [4.78, 5) is 14.0. The molecule has 0 spiro atoms. The predicted molar refractivity (Wildman–Crippen MR) is 92.6 cm³/mol. The number of nitrogens with zero attached hydrogens (tertiary/aromatic N) is 2. The Bertz CT molecular complexity index is 551. The smallest absolute Gasteiger partial charge is 0.317 e. The van der Waals surface area contributed by atoms with Crippen LogP contribution in [0.15, 0.2) is 12.3 Å². The van der Waals surface area contributed by atoms with Crippen molar-refractivity contribution in [1.29, 1.82) is 0 Å². The van der Waals surface area contributed by atoms with E-state index >= 15 is 0 Å². The molecule has 1 saturated heterocycles. The number of carbonyl (C=O) groups is 1. The number of amides is 2. The first-order valence-electron chi connectivity index (χ1n) is 8.10. The third-order valence-electron chi connectivity index (χ3n) is 4.40. The number of rotatable bonds is 4. The Hall–Kier alpha value is -1.20. The molecule has 130 valence electrons. The molecule has 0 saturated carbocycles. The third kappa shape index (κ3) is 4.64. The van der Waals surface area contributed by atoms with Gasteiger partial charge in [-0.25, -0.2) is 4.79 Å². The molecule has 6 heteroatoms. The number of hydrogen-bond donors (Lipinski definition) is 1. The van der Waals surface area contributed by atoms with Gasteiger partial charge < -0.3 is 19.5 Å². The topological polar surface area (TPSA) is 46.5 Å². The lowest BCUT2D eigenvalue weighted by Gasteiger charge is -2.31. The minimum absolute atomic E-state index is 0.0677. The molecule has 1 fully saturated rings. The Kier molecular flexibility index (Phi) is 5.63. The summed E-state index contributed by atoms with van der Waals surface area (Å²) >= 11 is 5.98. The number of urea groups is 1. The van der Waals surface area contributed by atoms with Gasteiger partial charge in [-0.05, 0) is 17.9 Å². The van der Waals surface area contributed by atoms with Gasteiger partial charge in [-0.3, -0.25) is 0 Å². The molecule has 0 aromatic carbocycles. The van der Waals surface area contributed by atoms with Crippen LogP contribution >= 0.6 is 11.6 Å². The second kappa shape index (κ2) is 7.14. The number of hydrogen-bond acceptors (Lipinski definition) is 2. The van der Waals surface area contributed by atoms with Crippen LogP contribution in [0.4, 0.5) is 4.79 Å². The van der Waals surface area contributed by atoms with Crippen molar-refractivity contribution in [2.75, 3.05) is 20.2 Å². The fourth-order valence-electron chi connectivity index (χ4n) is 3.19. The van der Waals surface area contributed by atoms with Gasteiger partial charge in [0.1, 0.15) is 0 Å². The normalized spacial score (nSPS) is 21.5. The first-order valence-corrected chi connectivity index (χ1v) is 8.47. The second-order valence-electron chi connectivity index (χ2n) is 7.51. The first kappa shape index (κ1) is 18.1. The molecule has 23 heavy (non-hydrogen) atoms. The van der Waals surface area contributed by atoms with Gasteiger partial charge in [-0.15, -0.1) is 0 Å². The highest BCUT2D eigenvalue weighted by atomic mass is 35.5. The molecule has 2 rings (SSSR count). The Morgan fingerprint density at radius 1 is 1.52 bits per heavy atom. The van der Waals surface area contributed by atoms with Gasteiger partial charge in [0.15, 0.2) is 0 Å². The molecular weight excluding hydrogens is 314 g/mol. The monoisotopic (exact) mass is 341 g/mol. The molecule has 1 aromatic rings. The SMILES string of the molecule is CN(Cc1cc(Cl)cn1C)C(=O)NC[C@@H]1CCO[C@@H]1C(C)(C)C. The zero-order chi connectivity index (χ0) is 17.2. The zero-order valence-corrected chi connectivity index (χ0v) is 15.5. The second-order valence-corrected chi connectivity index (χ2v) is 7.95. The van der Waals surface area contributed by atoms with Gasteiger partial charge in [0.05, 0.1) is 17.7 Å². The highest BCUT2D eigenvalue weighted by Gasteiger charge is 2.37. The molecule has 0 aliphatic carbocycles. The highest BCUT2D eigenvalue weighted by Crippen LogP contribution is 2.34. The van der Waals surface area contributed by atoms with Gasteiger partial charge in [0.25, 0.3) is 0 Å². The molecular formula is C17H28ClN3O2. The van der Waals surface area contributed by atoms with E-state index in [1.807, 2.05) is 23.9 Å². The molecule has 1 aromatic heterocycles. The maximum Gasteiger partial charge on any atom is 0.317 e. The zero-order valence-electron chi connectivity index (χ0n) is 14.7. The molecule has 0 unspecified atom stereocenters. The number of ether oxygens (including phenoxy) is 1. The van der Waals surface area contributed by atoms with Gasteiger partial charge in [-0.1, -0.05) is 32.4 Å². The Balaban J connectivity index is 1.85. The molecule has 2 amide bonds.